The van der Waals surface area contributed by atoms with E-state index < -0.39 is 11.5 Å². The van der Waals surface area contributed by atoms with E-state index in [0.29, 0.717) is 5.69 Å². The van der Waals surface area contributed by atoms with Crippen molar-refractivity contribution in [3.63, 3.8) is 0 Å². The van der Waals surface area contributed by atoms with Gasteiger partial charge in [0.15, 0.2) is 0 Å². The molecule has 0 radical (unpaired) electrons. The molecule has 29 heavy (non-hydrogen) atoms. The van der Waals surface area contributed by atoms with E-state index in [2.05, 4.69) is 20.7 Å². The van der Waals surface area contributed by atoms with Crippen molar-refractivity contribution in [2.75, 3.05) is 19.0 Å². The summed E-state index contributed by atoms with van der Waals surface area (Å²) in [6.07, 6.45) is 0.870. The van der Waals surface area contributed by atoms with Gasteiger partial charge >= 0.3 is 12.0 Å². The Bertz CT molecular complexity index is 837. The van der Waals surface area contributed by atoms with Crippen LogP contribution in [-0.2, 0) is 26.3 Å². The number of hydrogen-bond acceptors (Lipinski definition) is 4. The topological polar surface area (TPSA) is 96.5 Å². The van der Waals surface area contributed by atoms with Crippen LogP contribution in [0.4, 0.5) is 10.5 Å². The number of methoxy groups -OCH3 is 1. The standard InChI is InChI=1S/C22H27N3O4/c1-4-22(2,17-8-6-5-7-9-17)25-21(28)24-18-12-10-16(11-13-18)14-19(26)23-15-20(27)29-3/h5-13H,4,14-15H2,1-3H3,(H,23,26)(H2,24,25,28). The maximum atomic E-state index is 12.5. The van der Waals surface area contributed by atoms with E-state index in [1.807, 2.05) is 44.2 Å². The maximum Gasteiger partial charge on any atom is 0.325 e. The molecule has 1 unspecified atom stereocenters. The number of urea groups is 1. The molecule has 3 amide bonds. The molecule has 0 saturated heterocycles. The third-order valence-electron chi connectivity index (χ3n) is 4.74. The Kier molecular flexibility index (Phi) is 7.77. The van der Waals surface area contributed by atoms with Crippen molar-refractivity contribution in [3.05, 3.63) is 65.7 Å². The van der Waals surface area contributed by atoms with Crippen LogP contribution in [0.15, 0.2) is 54.6 Å². The number of benzene rings is 2. The van der Waals surface area contributed by atoms with E-state index in [1.54, 1.807) is 24.3 Å². The molecule has 0 aliphatic heterocycles. The lowest BCUT2D eigenvalue weighted by Crippen LogP contribution is -2.45. The first-order valence-electron chi connectivity index (χ1n) is 9.43. The predicted octanol–water partition coefficient (Wildman–Crippen LogP) is 2.97. The van der Waals surface area contributed by atoms with Gasteiger partial charge in [-0.15, -0.1) is 0 Å². The lowest BCUT2D eigenvalue weighted by Gasteiger charge is -2.30. The minimum absolute atomic E-state index is 0.130. The van der Waals surface area contributed by atoms with Crippen LogP contribution in [0.25, 0.3) is 0 Å². The Morgan fingerprint density at radius 3 is 2.24 bits per heavy atom. The van der Waals surface area contributed by atoms with Crippen LogP contribution in [-0.4, -0.2) is 31.6 Å². The predicted molar refractivity (Wildman–Crippen MR) is 111 cm³/mol. The number of hydrogen-bond donors (Lipinski definition) is 3. The number of rotatable bonds is 8. The molecule has 2 aromatic carbocycles. The molecule has 0 heterocycles. The first-order chi connectivity index (χ1) is 13.9. The fourth-order valence-corrected chi connectivity index (χ4v) is 2.78. The van der Waals surface area contributed by atoms with Crippen molar-refractivity contribution < 1.29 is 19.1 Å². The van der Waals surface area contributed by atoms with Crippen LogP contribution < -0.4 is 16.0 Å². The van der Waals surface area contributed by atoms with Gasteiger partial charge in [-0.05, 0) is 36.6 Å². The van der Waals surface area contributed by atoms with E-state index >= 15 is 0 Å². The second kappa shape index (κ2) is 10.3. The van der Waals surface area contributed by atoms with Crippen LogP contribution in [0.5, 0.6) is 0 Å². The van der Waals surface area contributed by atoms with Crippen LogP contribution in [0, 0.1) is 0 Å². The minimum atomic E-state index is -0.501. The average molecular weight is 397 g/mol. The van der Waals surface area contributed by atoms with Gasteiger partial charge in [-0.1, -0.05) is 49.4 Å². The Labute approximate surface area is 170 Å². The van der Waals surface area contributed by atoms with Crippen LogP contribution >= 0.6 is 0 Å². The highest BCUT2D eigenvalue weighted by molar-refractivity contribution is 5.90. The molecule has 3 N–H and O–H groups in total. The number of nitrogens with one attached hydrogen (secondary N) is 3. The van der Waals surface area contributed by atoms with Crippen LogP contribution in [0.1, 0.15) is 31.4 Å². The third-order valence-corrected chi connectivity index (χ3v) is 4.74. The molecule has 0 fully saturated rings. The molecule has 1 atom stereocenters. The van der Waals surface area contributed by atoms with Crippen molar-refractivity contribution in [1.82, 2.24) is 10.6 Å². The van der Waals surface area contributed by atoms with Gasteiger partial charge < -0.3 is 20.7 Å². The zero-order chi connectivity index (χ0) is 21.3. The third kappa shape index (κ3) is 6.64. The van der Waals surface area contributed by atoms with E-state index in [0.717, 1.165) is 17.5 Å². The highest BCUT2D eigenvalue weighted by Gasteiger charge is 2.26. The summed E-state index contributed by atoms with van der Waals surface area (Å²) in [6.45, 7) is 3.85. The van der Waals surface area contributed by atoms with Gasteiger partial charge in [-0.3, -0.25) is 9.59 Å². The van der Waals surface area contributed by atoms with Crippen molar-refractivity contribution >= 4 is 23.6 Å². The summed E-state index contributed by atoms with van der Waals surface area (Å²) >= 11 is 0. The van der Waals surface area contributed by atoms with Gasteiger partial charge in [0.1, 0.15) is 6.54 Å². The SMILES string of the molecule is CCC(C)(NC(=O)Nc1ccc(CC(=O)NCC(=O)OC)cc1)c1ccccc1. The summed E-state index contributed by atoms with van der Waals surface area (Å²) in [7, 11) is 1.26. The molecule has 7 nitrogen and oxygen atoms in total. The van der Waals surface area contributed by atoms with Gasteiger partial charge in [0.2, 0.25) is 5.91 Å². The number of anilines is 1. The quantitative estimate of drug-likeness (QED) is 0.597. The molecule has 0 aromatic heterocycles. The second-order valence-electron chi connectivity index (χ2n) is 6.86. The molecule has 2 rings (SSSR count). The highest BCUT2D eigenvalue weighted by atomic mass is 16.5. The van der Waals surface area contributed by atoms with E-state index in [1.165, 1.54) is 7.11 Å². The van der Waals surface area contributed by atoms with E-state index in [9.17, 15) is 14.4 Å². The molecule has 0 spiro atoms. The molecule has 0 saturated carbocycles. The molecule has 7 heteroatoms. The Balaban J connectivity index is 1.91. The van der Waals surface area contributed by atoms with E-state index in [4.69, 9.17) is 0 Å². The normalized spacial score (nSPS) is 12.4. The number of carbonyl (C=O) groups is 3. The van der Waals surface area contributed by atoms with Crippen molar-refractivity contribution in [2.45, 2.75) is 32.2 Å². The second-order valence-corrected chi connectivity index (χ2v) is 6.86. The first kappa shape index (κ1) is 21.9. The van der Waals surface area contributed by atoms with Gasteiger partial charge in [0.05, 0.1) is 19.1 Å². The molecule has 0 aliphatic carbocycles. The highest BCUT2D eigenvalue weighted by Crippen LogP contribution is 2.24. The Morgan fingerprint density at radius 1 is 1.00 bits per heavy atom. The largest absolute Gasteiger partial charge is 0.468 e. The zero-order valence-electron chi connectivity index (χ0n) is 17.0. The maximum absolute atomic E-state index is 12.5. The summed E-state index contributed by atoms with van der Waals surface area (Å²) < 4.78 is 4.47. The average Bonchev–Trinajstić information content (AvgIpc) is 2.73. The molecule has 2 aromatic rings. The smallest absolute Gasteiger partial charge is 0.325 e. The summed E-state index contributed by atoms with van der Waals surface area (Å²) in [4.78, 5) is 35.3. The number of esters is 1. The lowest BCUT2D eigenvalue weighted by molar-refractivity contribution is -0.141. The summed E-state index contributed by atoms with van der Waals surface area (Å²) in [5.74, 6) is -0.783. The molecule has 154 valence electrons. The monoisotopic (exact) mass is 397 g/mol. The minimum Gasteiger partial charge on any atom is -0.468 e. The summed E-state index contributed by atoms with van der Waals surface area (Å²) in [5.41, 5.74) is 1.93. The first-order valence-corrected chi connectivity index (χ1v) is 9.43. The van der Waals surface area contributed by atoms with Gasteiger partial charge in [0.25, 0.3) is 0 Å². The number of amides is 3. The number of ether oxygens (including phenoxy) is 1. The molecule has 0 bridgehead atoms. The van der Waals surface area contributed by atoms with Crippen molar-refractivity contribution in [2.24, 2.45) is 0 Å². The zero-order valence-corrected chi connectivity index (χ0v) is 17.0. The Hall–Kier alpha value is -3.35. The van der Waals surface area contributed by atoms with Crippen molar-refractivity contribution in [1.29, 1.82) is 0 Å². The lowest BCUT2D eigenvalue weighted by atomic mass is 9.89. The summed E-state index contributed by atoms with van der Waals surface area (Å²) in [6, 6.07) is 16.5. The Morgan fingerprint density at radius 2 is 1.66 bits per heavy atom. The van der Waals surface area contributed by atoms with Gasteiger partial charge in [-0.2, -0.15) is 0 Å². The van der Waals surface area contributed by atoms with E-state index in [-0.39, 0.29) is 24.9 Å². The van der Waals surface area contributed by atoms with Crippen LogP contribution in [0.2, 0.25) is 0 Å². The van der Waals surface area contributed by atoms with Crippen molar-refractivity contribution in [3.8, 4) is 0 Å². The summed E-state index contributed by atoms with van der Waals surface area (Å²) in [5, 5.41) is 8.33. The van der Waals surface area contributed by atoms with Gasteiger partial charge in [0, 0.05) is 5.69 Å². The van der Waals surface area contributed by atoms with Crippen LogP contribution in [0.3, 0.4) is 0 Å². The molecular formula is C22H27N3O4. The molecule has 0 aliphatic rings. The fraction of sp³-hybridized carbons (Fsp3) is 0.318. The number of carbonyl (C=O) groups excluding carboxylic acids is 3. The van der Waals surface area contributed by atoms with Gasteiger partial charge in [-0.25, -0.2) is 4.79 Å². The molecular weight excluding hydrogens is 370 g/mol. The fourth-order valence-electron chi connectivity index (χ4n) is 2.78.